The number of piperazine rings is 1. The summed E-state index contributed by atoms with van der Waals surface area (Å²) < 4.78 is 5.45. The van der Waals surface area contributed by atoms with Crippen molar-refractivity contribution in [1.82, 2.24) is 15.1 Å². The Kier molecular flexibility index (Phi) is 5.20. The van der Waals surface area contributed by atoms with Crippen LogP contribution in [0.4, 0.5) is 0 Å². The molecule has 2 aliphatic heterocycles. The number of hydrogen-bond donors (Lipinski definition) is 1. The lowest BCUT2D eigenvalue weighted by molar-refractivity contribution is -0.137. The molecule has 2 heterocycles. The van der Waals surface area contributed by atoms with Crippen molar-refractivity contribution in [3.05, 3.63) is 0 Å². The number of carbonyl (C=O) groups is 1. The van der Waals surface area contributed by atoms with Crippen LogP contribution in [0.3, 0.4) is 0 Å². The van der Waals surface area contributed by atoms with Crippen molar-refractivity contribution in [2.75, 3.05) is 52.5 Å². The lowest BCUT2D eigenvalue weighted by Crippen LogP contribution is -2.53. The topological polar surface area (TPSA) is 44.8 Å². The Bertz CT molecular complexity index is 345. The molecule has 2 saturated heterocycles. The maximum atomic E-state index is 12.5. The fourth-order valence-corrected chi connectivity index (χ4v) is 2.75. The first-order valence-corrected chi connectivity index (χ1v) is 7.02. The van der Waals surface area contributed by atoms with E-state index in [1.54, 1.807) is 0 Å². The summed E-state index contributed by atoms with van der Waals surface area (Å²) >= 11 is 0. The molecule has 2 fully saturated rings. The van der Waals surface area contributed by atoms with Crippen LogP contribution >= 0.6 is 0 Å². The first kappa shape index (κ1) is 14.3. The molecular weight excluding hydrogens is 242 g/mol. The highest BCUT2D eigenvalue weighted by atomic mass is 16.5. The van der Waals surface area contributed by atoms with E-state index in [0.717, 1.165) is 32.7 Å². The van der Waals surface area contributed by atoms with Crippen LogP contribution in [-0.2, 0) is 9.53 Å². The van der Waals surface area contributed by atoms with Gasteiger partial charge in [-0.25, -0.2) is 0 Å². The van der Waals surface area contributed by atoms with Crippen molar-refractivity contribution < 1.29 is 9.53 Å². The maximum Gasteiger partial charge on any atom is 0.229 e. The van der Waals surface area contributed by atoms with E-state index in [4.69, 9.17) is 11.2 Å². The minimum Gasteiger partial charge on any atom is -0.379 e. The third-order valence-electron chi connectivity index (χ3n) is 3.86. The molecule has 2 unspecified atom stereocenters. The van der Waals surface area contributed by atoms with E-state index >= 15 is 0 Å². The molecular formula is C14H23N3O2. The summed E-state index contributed by atoms with van der Waals surface area (Å²) in [6, 6.07) is 0.168. The van der Waals surface area contributed by atoms with Crippen LogP contribution in [0.2, 0.25) is 0 Å². The number of terminal acetylenes is 1. The number of amides is 1. The second kappa shape index (κ2) is 6.90. The van der Waals surface area contributed by atoms with E-state index in [-0.39, 0.29) is 17.9 Å². The monoisotopic (exact) mass is 265 g/mol. The number of nitrogens with one attached hydrogen (secondary N) is 1. The van der Waals surface area contributed by atoms with Crippen LogP contribution in [0.5, 0.6) is 0 Å². The van der Waals surface area contributed by atoms with Gasteiger partial charge < -0.3 is 15.0 Å². The molecule has 0 aromatic rings. The molecule has 2 rings (SSSR count). The molecule has 1 N–H and O–H groups in total. The second-order valence-electron chi connectivity index (χ2n) is 5.11. The zero-order valence-corrected chi connectivity index (χ0v) is 11.6. The molecule has 2 atom stereocenters. The lowest BCUT2D eigenvalue weighted by Gasteiger charge is -2.35. The van der Waals surface area contributed by atoms with Gasteiger partial charge in [-0.2, -0.15) is 0 Å². The van der Waals surface area contributed by atoms with Crippen molar-refractivity contribution in [2.24, 2.45) is 5.92 Å². The van der Waals surface area contributed by atoms with Crippen LogP contribution in [0.15, 0.2) is 0 Å². The highest BCUT2D eigenvalue weighted by Crippen LogP contribution is 2.17. The number of hydrogen-bond acceptors (Lipinski definition) is 4. The summed E-state index contributed by atoms with van der Waals surface area (Å²) in [5.74, 6) is 2.85. The molecule has 5 heteroatoms. The highest BCUT2D eigenvalue weighted by Gasteiger charge is 2.36. The Balaban J connectivity index is 1.85. The molecule has 1 amide bonds. The van der Waals surface area contributed by atoms with E-state index in [2.05, 4.69) is 23.1 Å². The number of ether oxygens (including phenoxy) is 1. The van der Waals surface area contributed by atoms with Gasteiger partial charge in [-0.3, -0.25) is 9.69 Å². The van der Waals surface area contributed by atoms with Gasteiger partial charge in [-0.05, 0) is 6.54 Å². The van der Waals surface area contributed by atoms with Crippen LogP contribution in [-0.4, -0.2) is 74.2 Å². The van der Waals surface area contributed by atoms with Crippen molar-refractivity contribution in [3.63, 3.8) is 0 Å². The van der Waals surface area contributed by atoms with Gasteiger partial charge in [-0.1, -0.05) is 12.8 Å². The molecule has 0 radical (unpaired) electrons. The molecule has 0 spiro atoms. The molecule has 2 aliphatic rings. The summed E-state index contributed by atoms with van der Waals surface area (Å²) in [6.45, 7) is 8.07. The molecule has 0 saturated carbocycles. The number of likely N-dealkylation sites (N-methyl/N-ethyl adjacent to an activating group) is 1. The predicted octanol–water partition coefficient (Wildman–Crippen LogP) is -0.612. The maximum absolute atomic E-state index is 12.5. The van der Waals surface area contributed by atoms with Crippen molar-refractivity contribution >= 4 is 5.91 Å². The highest BCUT2D eigenvalue weighted by molar-refractivity contribution is 5.80. The molecule has 106 valence electrons. The SMILES string of the molecule is C#CCN1CCN(C(=O)C2COCC2NCC)CC1. The van der Waals surface area contributed by atoms with Gasteiger partial charge in [0.1, 0.15) is 0 Å². The van der Waals surface area contributed by atoms with Gasteiger partial charge in [0.15, 0.2) is 0 Å². The summed E-state index contributed by atoms with van der Waals surface area (Å²) in [6.07, 6.45) is 5.31. The van der Waals surface area contributed by atoms with Crippen molar-refractivity contribution in [2.45, 2.75) is 13.0 Å². The van der Waals surface area contributed by atoms with Gasteiger partial charge >= 0.3 is 0 Å². The third-order valence-corrected chi connectivity index (χ3v) is 3.86. The smallest absolute Gasteiger partial charge is 0.229 e. The second-order valence-corrected chi connectivity index (χ2v) is 5.11. The van der Waals surface area contributed by atoms with E-state index in [1.165, 1.54) is 0 Å². The van der Waals surface area contributed by atoms with E-state index in [1.807, 2.05) is 4.90 Å². The van der Waals surface area contributed by atoms with Gasteiger partial charge in [0.25, 0.3) is 0 Å². The van der Waals surface area contributed by atoms with Gasteiger partial charge in [0.2, 0.25) is 5.91 Å². The standard InChI is InChI=1S/C14H23N3O2/c1-3-5-16-6-8-17(9-7-16)14(18)12-10-19-11-13(12)15-4-2/h1,12-13,15H,4-11H2,2H3. The third kappa shape index (κ3) is 3.47. The first-order chi connectivity index (χ1) is 9.26. The number of nitrogens with zero attached hydrogens (tertiary/aromatic N) is 2. The molecule has 0 aromatic carbocycles. The minimum absolute atomic E-state index is 0.0286. The molecule has 0 aromatic heterocycles. The summed E-state index contributed by atoms with van der Waals surface area (Å²) in [5, 5.41) is 3.33. The van der Waals surface area contributed by atoms with Gasteiger partial charge in [-0.15, -0.1) is 6.42 Å². The summed E-state index contributed by atoms with van der Waals surface area (Å²) in [5.41, 5.74) is 0. The summed E-state index contributed by atoms with van der Waals surface area (Å²) in [7, 11) is 0. The largest absolute Gasteiger partial charge is 0.379 e. The zero-order chi connectivity index (χ0) is 13.7. The average molecular weight is 265 g/mol. The normalized spacial score (nSPS) is 28.3. The van der Waals surface area contributed by atoms with Gasteiger partial charge in [0.05, 0.1) is 25.7 Å². The Morgan fingerprint density at radius 3 is 2.74 bits per heavy atom. The Morgan fingerprint density at radius 2 is 2.11 bits per heavy atom. The lowest BCUT2D eigenvalue weighted by atomic mass is 10.0. The predicted molar refractivity (Wildman–Crippen MR) is 73.6 cm³/mol. The quantitative estimate of drug-likeness (QED) is 0.689. The average Bonchev–Trinajstić information content (AvgIpc) is 2.88. The van der Waals surface area contributed by atoms with Crippen LogP contribution < -0.4 is 5.32 Å². The van der Waals surface area contributed by atoms with E-state index < -0.39 is 0 Å². The van der Waals surface area contributed by atoms with Crippen molar-refractivity contribution in [1.29, 1.82) is 0 Å². The van der Waals surface area contributed by atoms with E-state index in [9.17, 15) is 4.79 Å². The molecule has 5 nitrogen and oxygen atoms in total. The Morgan fingerprint density at radius 1 is 1.37 bits per heavy atom. The fraction of sp³-hybridized carbons (Fsp3) is 0.786. The van der Waals surface area contributed by atoms with E-state index in [0.29, 0.717) is 19.8 Å². The van der Waals surface area contributed by atoms with Crippen LogP contribution in [0.25, 0.3) is 0 Å². The number of carbonyl (C=O) groups excluding carboxylic acids is 1. The zero-order valence-electron chi connectivity index (χ0n) is 11.6. The van der Waals surface area contributed by atoms with Crippen LogP contribution in [0, 0.1) is 18.3 Å². The Labute approximate surface area is 115 Å². The Hall–Kier alpha value is -1.09. The van der Waals surface area contributed by atoms with Crippen LogP contribution in [0.1, 0.15) is 6.92 Å². The first-order valence-electron chi connectivity index (χ1n) is 7.02. The van der Waals surface area contributed by atoms with Crippen molar-refractivity contribution in [3.8, 4) is 12.3 Å². The molecule has 0 aliphatic carbocycles. The fourth-order valence-electron chi connectivity index (χ4n) is 2.75. The summed E-state index contributed by atoms with van der Waals surface area (Å²) in [4.78, 5) is 16.7. The minimum atomic E-state index is -0.0286. The number of rotatable bonds is 4. The molecule has 19 heavy (non-hydrogen) atoms. The molecule has 0 bridgehead atoms. The van der Waals surface area contributed by atoms with Gasteiger partial charge in [0, 0.05) is 32.2 Å².